The van der Waals surface area contributed by atoms with E-state index >= 15 is 0 Å². The Morgan fingerprint density at radius 1 is 1.21 bits per heavy atom. The van der Waals surface area contributed by atoms with Crippen LogP contribution in [0.15, 0.2) is 24.3 Å². The first-order chi connectivity index (χ1) is 8.97. The molecule has 0 spiro atoms. The molecule has 104 valence electrons. The molecule has 1 rings (SSSR count). The molecular formula is C14H20N2O3. The van der Waals surface area contributed by atoms with Crippen molar-refractivity contribution < 1.29 is 14.7 Å². The Morgan fingerprint density at radius 2 is 1.84 bits per heavy atom. The third-order valence-corrected chi connectivity index (χ3v) is 2.48. The van der Waals surface area contributed by atoms with Gasteiger partial charge in [0.1, 0.15) is 0 Å². The van der Waals surface area contributed by atoms with Crippen molar-refractivity contribution in [2.45, 2.75) is 26.7 Å². The molecule has 0 aliphatic rings. The Labute approximate surface area is 113 Å². The molecule has 3 N–H and O–H groups in total. The van der Waals surface area contributed by atoms with Crippen LogP contribution in [0, 0.1) is 5.92 Å². The first-order valence-corrected chi connectivity index (χ1v) is 6.33. The van der Waals surface area contributed by atoms with Crippen LogP contribution in [-0.4, -0.2) is 23.7 Å². The molecule has 5 nitrogen and oxygen atoms in total. The van der Waals surface area contributed by atoms with Gasteiger partial charge in [0.25, 0.3) is 0 Å². The van der Waals surface area contributed by atoms with Gasteiger partial charge in [0.05, 0.1) is 6.42 Å². The average molecular weight is 264 g/mol. The third-order valence-electron chi connectivity index (χ3n) is 2.48. The van der Waals surface area contributed by atoms with E-state index < -0.39 is 12.0 Å². The fraction of sp³-hybridized carbons (Fsp3) is 0.429. The molecule has 0 fully saturated rings. The molecule has 0 aliphatic carbocycles. The Balaban J connectivity index is 2.40. The van der Waals surface area contributed by atoms with Crippen LogP contribution in [0.5, 0.6) is 0 Å². The van der Waals surface area contributed by atoms with Crippen LogP contribution in [0.1, 0.15) is 25.8 Å². The van der Waals surface area contributed by atoms with Crippen LogP contribution in [-0.2, 0) is 11.2 Å². The highest BCUT2D eigenvalue weighted by Crippen LogP contribution is 2.12. The molecule has 1 aromatic carbocycles. The topological polar surface area (TPSA) is 78.4 Å². The van der Waals surface area contributed by atoms with Gasteiger partial charge in [-0.2, -0.15) is 0 Å². The van der Waals surface area contributed by atoms with Crippen LogP contribution in [0.2, 0.25) is 0 Å². The van der Waals surface area contributed by atoms with Gasteiger partial charge in [0.15, 0.2) is 0 Å². The zero-order valence-electron chi connectivity index (χ0n) is 11.3. The minimum Gasteiger partial charge on any atom is -0.481 e. The number of carbonyl (C=O) groups excluding carboxylic acids is 1. The summed E-state index contributed by atoms with van der Waals surface area (Å²) in [6.07, 6.45) is 0.922. The number of amides is 2. The standard InChI is InChI=1S/C14H20N2O3/c1-10(2)9-11-3-5-12(6-4-11)16-14(19)15-8-7-13(17)18/h3-6,10H,7-9H2,1-2H3,(H,17,18)(H2,15,16,19). The summed E-state index contributed by atoms with van der Waals surface area (Å²) in [5.41, 5.74) is 1.92. The molecule has 0 unspecified atom stereocenters. The molecule has 0 saturated carbocycles. The predicted octanol–water partition coefficient (Wildman–Crippen LogP) is 2.48. The number of anilines is 1. The number of aliphatic carboxylic acids is 1. The van der Waals surface area contributed by atoms with E-state index in [0.717, 1.165) is 6.42 Å². The zero-order valence-corrected chi connectivity index (χ0v) is 11.3. The smallest absolute Gasteiger partial charge is 0.319 e. The van der Waals surface area contributed by atoms with Crippen molar-refractivity contribution in [3.8, 4) is 0 Å². The van der Waals surface area contributed by atoms with E-state index in [4.69, 9.17) is 5.11 Å². The number of hydrogen-bond donors (Lipinski definition) is 3. The zero-order chi connectivity index (χ0) is 14.3. The van der Waals surface area contributed by atoms with Crippen LogP contribution in [0.3, 0.4) is 0 Å². The summed E-state index contributed by atoms with van der Waals surface area (Å²) < 4.78 is 0. The number of carboxylic acid groups (broad SMARTS) is 1. The monoisotopic (exact) mass is 264 g/mol. The van der Waals surface area contributed by atoms with E-state index in [-0.39, 0.29) is 13.0 Å². The molecule has 0 aliphatic heterocycles. The number of carbonyl (C=O) groups is 2. The number of rotatable bonds is 6. The van der Waals surface area contributed by atoms with Gasteiger partial charge >= 0.3 is 12.0 Å². The van der Waals surface area contributed by atoms with Crippen LogP contribution in [0.25, 0.3) is 0 Å². The maximum Gasteiger partial charge on any atom is 0.319 e. The Bertz CT molecular complexity index is 427. The minimum absolute atomic E-state index is 0.0826. The predicted molar refractivity (Wildman–Crippen MR) is 74.3 cm³/mol. The fourth-order valence-corrected chi connectivity index (χ4v) is 1.65. The summed E-state index contributed by atoms with van der Waals surface area (Å²) in [6, 6.07) is 7.25. The van der Waals surface area contributed by atoms with E-state index in [2.05, 4.69) is 24.5 Å². The lowest BCUT2D eigenvalue weighted by Crippen LogP contribution is -2.30. The highest BCUT2D eigenvalue weighted by molar-refractivity contribution is 5.89. The van der Waals surface area contributed by atoms with Gasteiger partial charge in [0, 0.05) is 12.2 Å². The second-order valence-corrected chi connectivity index (χ2v) is 4.82. The molecule has 0 radical (unpaired) electrons. The van der Waals surface area contributed by atoms with Crippen molar-refractivity contribution in [1.82, 2.24) is 5.32 Å². The van der Waals surface area contributed by atoms with E-state index in [1.165, 1.54) is 5.56 Å². The molecule has 2 amide bonds. The molecule has 0 saturated heterocycles. The van der Waals surface area contributed by atoms with Crippen LogP contribution < -0.4 is 10.6 Å². The number of benzene rings is 1. The van der Waals surface area contributed by atoms with E-state index in [1.54, 1.807) is 0 Å². The van der Waals surface area contributed by atoms with Gasteiger partial charge in [-0.25, -0.2) is 4.79 Å². The van der Waals surface area contributed by atoms with E-state index in [9.17, 15) is 9.59 Å². The van der Waals surface area contributed by atoms with Gasteiger partial charge in [-0.15, -0.1) is 0 Å². The fourth-order valence-electron chi connectivity index (χ4n) is 1.65. The summed E-state index contributed by atoms with van der Waals surface area (Å²) in [5, 5.41) is 13.6. The van der Waals surface area contributed by atoms with Crippen molar-refractivity contribution in [1.29, 1.82) is 0 Å². The lowest BCUT2D eigenvalue weighted by atomic mass is 10.0. The first kappa shape index (κ1) is 15.0. The lowest BCUT2D eigenvalue weighted by Gasteiger charge is -2.08. The highest BCUT2D eigenvalue weighted by Gasteiger charge is 2.03. The average Bonchev–Trinajstić information content (AvgIpc) is 2.30. The molecule has 5 heteroatoms. The first-order valence-electron chi connectivity index (χ1n) is 6.33. The number of carboxylic acids is 1. The Kier molecular flexibility index (Phi) is 5.85. The number of hydrogen-bond acceptors (Lipinski definition) is 2. The summed E-state index contributed by atoms with van der Waals surface area (Å²) >= 11 is 0. The van der Waals surface area contributed by atoms with Gasteiger partial charge in [-0.3, -0.25) is 4.79 Å². The number of nitrogens with one attached hydrogen (secondary N) is 2. The summed E-state index contributed by atoms with van der Waals surface area (Å²) in [5.74, 6) is -0.337. The summed E-state index contributed by atoms with van der Waals surface area (Å²) in [7, 11) is 0. The van der Waals surface area contributed by atoms with Gasteiger partial charge < -0.3 is 15.7 Å². The largest absolute Gasteiger partial charge is 0.481 e. The number of urea groups is 1. The van der Waals surface area contributed by atoms with Crippen LogP contribution in [0.4, 0.5) is 10.5 Å². The lowest BCUT2D eigenvalue weighted by molar-refractivity contribution is -0.136. The molecule has 0 bridgehead atoms. The summed E-state index contributed by atoms with van der Waals surface area (Å²) in [4.78, 5) is 21.7. The molecular weight excluding hydrogens is 244 g/mol. The minimum atomic E-state index is -0.932. The third kappa shape index (κ3) is 6.45. The second kappa shape index (κ2) is 7.41. The molecule has 0 heterocycles. The molecule has 0 atom stereocenters. The maximum atomic E-state index is 11.4. The van der Waals surface area contributed by atoms with E-state index in [0.29, 0.717) is 11.6 Å². The van der Waals surface area contributed by atoms with Crippen molar-refractivity contribution in [3.63, 3.8) is 0 Å². The van der Waals surface area contributed by atoms with Crippen LogP contribution >= 0.6 is 0 Å². The second-order valence-electron chi connectivity index (χ2n) is 4.82. The molecule has 19 heavy (non-hydrogen) atoms. The van der Waals surface area contributed by atoms with Crippen molar-refractivity contribution >= 4 is 17.7 Å². The van der Waals surface area contributed by atoms with Crippen molar-refractivity contribution in [3.05, 3.63) is 29.8 Å². The van der Waals surface area contributed by atoms with Gasteiger partial charge in [-0.05, 0) is 30.0 Å². The Morgan fingerprint density at radius 3 is 2.37 bits per heavy atom. The Hall–Kier alpha value is -2.04. The highest BCUT2D eigenvalue weighted by atomic mass is 16.4. The molecule has 0 aromatic heterocycles. The van der Waals surface area contributed by atoms with Crippen molar-refractivity contribution in [2.75, 3.05) is 11.9 Å². The maximum absolute atomic E-state index is 11.4. The molecule has 1 aromatic rings. The normalized spacial score (nSPS) is 10.3. The quantitative estimate of drug-likeness (QED) is 0.738. The van der Waals surface area contributed by atoms with E-state index in [1.807, 2.05) is 24.3 Å². The van der Waals surface area contributed by atoms with Gasteiger partial charge in [0.2, 0.25) is 0 Å². The SMILES string of the molecule is CC(C)Cc1ccc(NC(=O)NCCC(=O)O)cc1. The van der Waals surface area contributed by atoms with Gasteiger partial charge in [-0.1, -0.05) is 26.0 Å². The summed E-state index contributed by atoms with van der Waals surface area (Å²) in [6.45, 7) is 4.43. The van der Waals surface area contributed by atoms with Crippen molar-refractivity contribution in [2.24, 2.45) is 5.92 Å².